The van der Waals surface area contributed by atoms with Crippen LogP contribution in [0.3, 0.4) is 0 Å². The lowest BCUT2D eigenvalue weighted by Gasteiger charge is -2.26. The normalized spacial score (nSPS) is 11.3. The van der Waals surface area contributed by atoms with Gasteiger partial charge >= 0.3 is 0 Å². The van der Waals surface area contributed by atoms with Gasteiger partial charge in [0.15, 0.2) is 11.6 Å². The average molecular weight is 844 g/mol. The second kappa shape index (κ2) is 16.6. The van der Waals surface area contributed by atoms with Crippen LogP contribution in [0.15, 0.2) is 249 Å². The van der Waals surface area contributed by atoms with E-state index in [-0.39, 0.29) is 0 Å². The van der Waals surface area contributed by atoms with Gasteiger partial charge < -0.3 is 4.90 Å². The van der Waals surface area contributed by atoms with Gasteiger partial charge in [-0.25, -0.2) is 4.98 Å². The van der Waals surface area contributed by atoms with E-state index < -0.39 is 0 Å². The number of aromatic nitrogens is 4. The first-order valence-electron chi connectivity index (χ1n) is 22.3. The fourth-order valence-corrected chi connectivity index (χ4v) is 9.12. The number of benzene rings is 10. The highest BCUT2D eigenvalue weighted by Crippen LogP contribution is 2.41. The molecule has 310 valence electrons. The average Bonchev–Trinajstić information content (AvgIpc) is 3.73. The zero-order chi connectivity index (χ0) is 43.8. The molecule has 0 unspecified atom stereocenters. The minimum absolute atomic E-state index is 0.541. The van der Waals surface area contributed by atoms with Crippen molar-refractivity contribution in [2.45, 2.75) is 0 Å². The van der Waals surface area contributed by atoms with E-state index in [0.29, 0.717) is 17.6 Å². The summed E-state index contributed by atoms with van der Waals surface area (Å²) in [6.45, 7) is 0. The molecular formula is C61H41N5. The SMILES string of the molecule is c1ccc(-c2ccc(-c3nc(-c4ccccc4)nc(-n4c5cc(-c6ccccc6)ccc5c5ccc(N(c6ccccc6)c6ccc(-c7ccc8ccccc8c7)cc6)cc54)n3)cc2)cc1. The van der Waals surface area contributed by atoms with Crippen LogP contribution in [0.4, 0.5) is 17.1 Å². The van der Waals surface area contributed by atoms with Gasteiger partial charge in [-0.2, -0.15) is 9.97 Å². The quantitative estimate of drug-likeness (QED) is 0.145. The van der Waals surface area contributed by atoms with Crippen molar-refractivity contribution in [3.63, 3.8) is 0 Å². The molecule has 0 aliphatic heterocycles. The lowest BCUT2D eigenvalue weighted by Crippen LogP contribution is -2.10. The maximum Gasteiger partial charge on any atom is 0.238 e. The molecule has 2 heterocycles. The molecular weight excluding hydrogens is 803 g/mol. The number of hydrogen-bond acceptors (Lipinski definition) is 4. The summed E-state index contributed by atoms with van der Waals surface area (Å²) in [6, 6.07) is 87.8. The van der Waals surface area contributed by atoms with E-state index in [9.17, 15) is 0 Å². The lowest BCUT2D eigenvalue weighted by molar-refractivity contribution is 0.953. The van der Waals surface area contributed by atoms with E-state index in [0.717, 1.165) is 77.8 Å². The Balaban J connectivity index is 1.06. The molecule has 5 nitrogen and oxygen atoms in total. The molecule has 66 heavy (non-hydrogen) atoms. The van der Waals surface area contributed by atoms with Crippen LogP contribution < -0.4 is 4.90 Å². The van der Waals surface area contributed by atoms with Crippen LogP contribution in [-0.4, -0.2) is 19.5 Å². The molecule has 12 rings (SSSR count). The molecule has 0 atom stereocenters. The summed E-state index contributed by atoms with van der Waals surface area (Å²) >= 11 is 0. The third-order valence-electron chi connectivity index (χ3n) is 12.4. The molecule has 0 saturated carbocycles. The Hall–Kier alpha value is -8.93. The summed E-state index contributed by atoms with van der Waals surface area (Å²) in [4.78, 5) is 18.1. The predicted molar refractivity (Wildman–Crippen MR) is 274 cm³/mol. The van der Waals surface area contributed by atoms with Gasteiger partial charge in [-0.15, -0.1) is 0 Å². The molecule has 0 saturated heterocycles. The monoisotopic (exact) mass is 843 g/mol. The van der Waals surface area contributed by atoms with Crippen molar-refractivity contribution in [2.24, 2.45) is 0 Å². The van der Waals surface area contributed by atoms with Crippen molar-refractivity contribution >= 4 is 49.6 Å². The largest absolute Gasteiger partial charge is 0.310 e. The first-order chi connectivity index (χ1) is 32.7. The molecule has 10 aromatic carbocycles. The first-order valence-corrected chi connectivity index (χ1v) is 22.3. The van der Waals surface area contributed by atoms with Crippen LogP contribution in [0.25, 0.3) is 94.7 Å². The minimum Gasteiger partial charge on any atom is -0.310 e. The van der Waals surface area contributed by atoms with Crippen molar-refractivity contribution in [3.05, 3.63) is 249 Å². The third kappa shape index (κ3) is 7.25. The Morgan fingerprint density at radius 1 is 0.273 bits per heavy atom. The maximum atomic E-state index is 5.35. The van der Waals surface area contributed by atoms with Crippen LogP contribution in [-0.2, 0) is 0 Å². The number of fused-ring (bicyclic) bond motifs is 4. The molecule has 0 radical (unpaired) electrons. The topological polar surface area (TPSA) is 46.8 Å². The Morgan fingerprint density at radius 3 is 1.35 bits per heavy atom. The second-order valence-electron chi connectivity index (χ2n) is 16.5. The molecule has 0 N–H and O–H groups in total. The second-order valence-corrected chi connectivity index (χ2v) is 16.5. The smallest absolute Gasteiger partial charge is 0.238 e. The highest BCUT2D eigenvalue weighted by atomic mass is 15.2. The van der Waals surface area contributed by atoms with Gasteiger partial charge in [0.2, 0.25) is 5.95 Å². The van der Waals surface area contributed by atoms with Crippen molar-refractivity contribution in [1.82, 2.24) is 19.5 Å². The van der Waals surface area contributed by atoms with Gasteiger partial charge in [0.05, 0.1) is 11.0 Å². The standard InChI is InChI=1S/C61H41N5/c1-5-15-42(16-6-1)45-25-28-48(29-26-45)60-62-59(47-20-9-3-10-21-47)63-61(64-60)66-57-40-51(43-17-7-2-8-18-43)33-37-55(57)56-38-36-54(41-58(56)66)65(52-23-11-4-12-24-52)53-34-31-46(32-35-53)50-30-27-44-19-13-14-22-49(44)39-50/h1-41H. The zero-order valence-electron chi connectivity index (χ0n) is 35.9. The van der Waals surface area contributed by atoms with Crippen LogP contribution in [0.5, 0.6) is 0 Å². The number of hydrogen-bond donors (Lipinski definition) is 0. The Labute approximate surface area is 383 Å². The Morgan fingerprint density at radius 2 is 0.682 bits per heavy atom. The van der Waals surface area contributed by atoms with Gasteiger partial charge in [-0.3, -0.25) is 4.57 Å². The van der Waals surface area contributed by atoms with E-state index in [1.54, 1.807) is 0 Å². The highest BCUT2D eigenvalue weighted by Gasteiger charge is 2.21. The van der Waals surface area contributed by atoms with Crippen LogP contribution in [0.1, 0.15) is 0 Å². The number of anilines is 3. The third-order valence-corrected chi connectivity index (χ3v) is 12.4. The number of rotatable bonds is 9. The lowest BCUT2D eigenvalue weighted by atomic mass is 10.0. The van der Waals surface area contributed by atoms with E-state index in [1.807, 2.05) is 24.3 Å². The molecule has 0 amide bonds. The van der Waals surface area contributed by atoms with Crippen molar-refractivity contribution in [1.29, 1.82) is 0 Å². The Kier molecular flexibility index (Phi) is 9.77. The molecule has 0 aliphatic rings. The summed E-state index contributed by atoms with van der Waals surface area (Å²) < 4.78 is 2.22. The maximum absolute atomic E-state index is 5.35. The molecule has 0 aliphatic carbocycles. The van der Waals surface area contributed by atoms with Gasteiger partial charge in [-0.05, 0) is 92.7 Å². The van der Waals surface area contributed by atoms with Crippen molar-refractivity contribution in [2.75, 3.05) is 4.90 Å². The first kappa shape index (κ1) is 38.7. The predicted octanol–water partition coefficient (Wildman–Crippen LogP) is 15.9. The van der Waals surface area contributed by atoms with Crippen LogP contribution in [0.2, 0.25) is 0 Å². The van der Waals surface area contributed by atoms with Crippen LogP contribution >= 0.6 is 0 Å². The van der Waals surface area contributed by atoms with Crippen molar-refractivity contribution in [3.8, 4) is 62.1 Å². The molecule has 0 fully saturated rings. The fraction of sp³-hybridized carbons (Fsp3) is 0. The molecule has 12 aromatic rings. The Bertz CT molecular complexity index is 3660. The highest BCUT2D eigenvalue weighted by molar-refractivity contribution is 6.11. The molecule has 0 spiro atoms. The van der Waals surface area contributed by atoms with Gasteiger partial charge in [0.1, 0.15) is 0 Å². The summed E-state index contributed by atoms with van der Waals surface area (Å²) in [7, 11) is 0. The summed E-state index contributed by atoms with van der Waals surface area (Å²) in [6.07, 6.45) is 0. The van der Waals surface area contributed by atoms with E-state index in [4.69, 9.17) is 15.0 Å². The number of para-hydroxylation sites is 1. The van der Waals surface area contributed by atoms with E-state index in [1.165, 1.54) is 16.3 Å². The van der Waals surface area contributed by atoms with Gasteiger partial charge in [-0.1, -0.05) is 200 Å². The molecule has 2 aromatic heterocycles. The fourth-order valence-electron chi connectivity index (χ4n) is 9.12. The van der Waals surface area contributed by atoms with E-state index in [2.05, 4.69) is 234 Å². The minimum atomic E-state index is 0.541. The summed E-state index contributed by atoms with van der Waals surface area (Å²) in [5.74, 6) is 1.74. The van der Waals surface area contributed by atoms with Crippen molar-refractivity contribution < 1.29 is 0 Å². The number of nitrogens with zero attached hydrogens (tertiary/aromatic N) is 5. The molecule has 5 heteroatoms. The van der Waals surface area contributed by atoms with Crippen LogP contribution in [0, 0.1) is 0 Å². The molecule has 0 bridgehead atoms. The zero-order valence-corrected chi connectivity index (χ0v) is 35.9. The van der Waals surface area contributed by atoms with Gasteiger partial charge in [0, 0.05) is 39.0 Å². The summed E-state index contributed by atoms with van der Waals surface area (Å²) in [5, 5.41) is 4.67. The van der Waals surface area contributed by atoms with Gasteiger partial charge in [0.25, 0.3) is 0 Å². The van der Waals surface area contributed by atoms with E-state index >= 15 is 0 Å². The summed E-state index contributed by atoms with van der Waals surface area (Å²) in [5.41, 5.74) is 13.8.